The van der Waals surface area contributed by atoms with Crippen molar-refractivity contribution in [2.45, 2.75) is 32.3 Å². The highest BCUT2D eigenvalue weighted by Crippen LogP contribution is 2.39. The number of methoxy groups -OCH3 is 1. The molecule has 0 fully saturated rings. The van der Waals surface area contributed by atoms with Crippen LogP contribution in [-0.4, -0.2) is 13.0 Å². The molecule has 1 amide bonds. The van der Waals surface area contributed by atoms with Crippen LogP contribution in [0.4, 0.5) is 5.00 Å². The van der Waals surface area contributed by atoms with Gasteiger partial charge in [-0.25, -0.2) is 0 Å². The third kappa shape index (κ3) is 5.61. The van der Waals surface area contributed by atoms with Gasteiger partial charge in [-0.15, -0.1) is 11.3 Å². The lowest BCUT2D eigenvalue weighted by Crippen LogP contribution is -2.13. The summed E-state index contributed by atoms with van der Waals surface area (Å²) >= 11 is 7.97. The van der Waals surface area contributed by atoms with Crippen LogP contribution in [0, 0.1) is 22.7 Å². The van der Waals surface area contributed by atoms with Gasteiger partial charge in [-0.05, 0) is 77.4 Å². The van der Waals surface area contributed by atoms with E-state index in [1.54, 1.807) is 12.1 Å². The number of fused-ring (bicyclic) bond motifs is 2. The first-order valence-corrected chi connectivity index (χ1v) is 13.7. The average molecular weight is 554 g/mol. The van der Waals surface area contributed by atoms with Gasteiger partial charge in [0.1, 0.15) is 29.3 Å². The number of anilines is 1. The average Bonchev–Trinajstić information content (AvgIpc) is 3.31. The first kappa shape index (κ1) is 26.3. The molecule has 8 heteroatoms. The number of hydrogen-bond acceptors (Lipinski definition) is 6. The smallest absolute Gasteiger partial charge is 0.266 e. The van der Waals surface area contributed by atoms with Gasteiger partial charge < -0.3 is 14.8 Å². The molecule has 194 valence electrons. The Balaban J connectivity index is 1.35. The summed E-state index contributed by atoms with van der Waals surface area (Å²) in [6.07, 6.45) is 5.27. The number of aryl methyl sites for hydroxylation is 1. The first-order valence-electron chi connectivity index (χ1n) is 12.5. The van der Waals surface area contributed by atoms with Crippen molar-refractivity contribution in [1.82, 2.24) is 0 Å². The number of rotatable bonds is 7. The Morgan fingerprint density at radius 2 is 1.90 bits per heavy atom. The summed E-state index contributed by atoms with van der Waals surface area (Å²) in [6, 6.07) is 21.7. The Hall–Kier alpha value is -4.30. The Morgan fingerprint density at radius 3 is 2.67 bits per heavy atom. The minimum Gasteiger partial charge on any atom is -0.493 e. The molecule has 6 nitrogen and oxygen atoms in total. The standard InChI is InChI=1S/C31H24ClN3O3S/c1-37-27-15-20(14-26(32)29(27)38-18-19-10-11-21-6-2-3-7-22(21)12-19)13-23(16-33)30(36)35-31-25(17-34)24-8-4-5-9-28(24)39-31/h2-3,6-7,10-15H,4-5,8-9,18H2,1H3,(H,35,36)/b23-13+. The summed E-state index contributed by atoms with van der Waals surface area (Å²) in [6.45, 7) is 0.286. The first-order chi connectivity index (χ1) is 19.0. The quantitative estimate of drug-likeness (QED) is 0.189. The zero-order chi connectivity index (χ0) is 27.4. The number of nitrogens with zero attached hydrogens (tertiary/aromatic N) is 2. The van der Waals surface area contributed by atoms with Gasteiger partial charge in [-0.2, -0.15) is 10.5 Å². The van der Waals surface area contributed by atoms with E-state index >= 15 is 0 Å². The molecule has 0 unspecified atom stereocenters. The number of thiophene rings is 1. The third-order valence-corrected chi connectivity index (χ3v) is 8.12. The van der Waals surface area contributed by atoms with Crippen molar-refractivity contribution in [3.8, 4) is 23.6 Å². The van der Waals surface area contributed by atoms with Crippen LogP contribution < -0.4 is 14.8 Å². The van der Waals surface area contributed by atoms with E-state index in [0.29, 0.717) is 27.6 Å². The van der Waals surface area contributed by atoms with Crippen LogP contribution in [0.3, 0.4) is 0 Å². The number of carbonyl (C=O) groups excluding carboxylic acids is 1. The largest absolute Gasteiger partial charge is 0.493 e. The zero-order valence-corrected chi connectivity index (χ0v) is 22.8. The van der Waals surface area contributed by atoms with E-state index < -0.39 is 5.91 Å². The lowest BCUT2D eigenvalue weighted by atomic mass is 9.96. The molecule has 0 aliphatic heterocycles. The molecule has 0 bridgehead atoms. The molecule has 39 heavy (non-hydrogen) atoms. The fraction of sp³-hybridized carbons (Fsp3) is 0.194. The Labute approximate surface area is 235 Å². The molecule has 0 atom stereocenters. The molecule has 1 aliphatic carbocycles. The van der Waals surface area contributed by atoms with Crippen LogP contribution in [0.1, 0.15) is 40.0 Å². The molecule has 1 N–H and O–H groups in total. The molecule has 0 saturated heterocycles. The number of nitriles is 2. The van der Waals surface area contributed by atoms with Gasteiger partial charge in [-0.1, -0.05) is 48.0 Å². The number of hydrogen-bond donors (Lipinski definition) is 1. The van der Waals surface area contributed by atoms with E-state index in [4.69, 9.17) is 21.1 Å². The van der Waals surface area contributed by atoms with E-state index in [1.165, 1.54) is 24.5 Å². The second kappa shape index (κ2) is 11.6. The van der Waals surface area contributed by atoms with Crippen molar-refractivity contribution < 1.29 is 14.3 Å². The second-order valence-electron chi connectivity index (χ2n) is 9.16. The molecule has 0 radical (unpaired) electrons. The van der Waals surface area contributed by atoms with Gasteiger partial charge in [0.05, 0.1) is 17.7 Å². The fourth-order valence-corrected chi connectivity index (χ4v) is 6.21. The van der Waals surface area contributed by atoms with Crippen molar-refractivity contribution in [2.24, 2.45) is 0 Å². The van der Waals surface area contributed by atoms with Gasteiger partial charge in [0, 0.05) is 4.88 Å². The summed E-state index contributed by atoms with van der Waals surface area (Å²) in [4.78, 5) is 14.1. The Kier molecular flexibility index (Phi) is 7.84. The summed E-state index contributed by atoms with van der Waals surface area (Å²) in [5, 5.41) is 25.2. The third-order valence-electron chi connectivity index (χ3n) is 6.64. The molecule has 3 aromatic carbocycles. The minimum absolute atomic E-state index is 0.117. The van der Waals surface area contributed by atoms with Crippen molar-refractivity contribution >= 4 is 50.7 Å². The van der Waals surface area contributed by atoms with Crippen molar-refractivity contribution in [3.63, 3.8) is 0 Å². The van der Waals surface area contributed by atoms with E-state index in [0.717, 1.165) is 52.5 Å². The molecule has 4 aromatic rings. The van der Waals surface area contributed by atoms with Crippen LogP contribution in [-0.2, 0) is 24.2 Å². The molecule has 0 saturated carbocycles. The number of halogens is 1. The van der Waals surface area contributed by atoms with E-state index in [9.17, 15) is 15.3 Å². The highest BCUT2D eigenvalue weighted by molar-refractivity contribution is 7.16. The minimum atomic E-state index is -0.584. The van der Waals surface area contributed by atoms with E-state index in [-0.39, 0.29) is 17.2 Å². The number of carbonyl (C=O) groups is 1. The normalized spacial score (nSPS) is 12.8. The van der Waals surface area contributed by atoms with Crippen molar-refractivity contribution in [1.29, 1.82) is 10.5 Å². The molecule has 1 aromatic heterocycles. The number of benzene rings is 3. The molecule has 1 heterocycles. The summed E-state index contributed by atoms with van der Waals surface area (Å²) < 4.78 is 11.5. The van der Waals surface area contributed by atoms with Crippen LogP contribution in [0.5, 0.6) is 11.5 Å². The fourth-order valence-electron chi connectivity index (χ4n) is 4.71. The van der Waals surface area contributed by atoms with Crippen LogP contribution in [0.2, 0.25) is 5.02 Å². The Bertz CT molecular complexity index is 1690. The molecule has 5 rings (SSSR count). The second-order valence-corrected chi connectivity index (χ2v) is 10.7. The molecular weight excluding hydrogens is 530 g/mol. The van der Waals surface area contributed by atoms with Crippen molar-refractivity contribution in [2.75, 3.05) is 12.4 Å². The van der Waals surface area contributed by atoms with Gasteiger partial charge >= 0.3 is 0 Å². The van der Waals surface area contributed by atoms with Gasteiger partial charge in [0.2, 0.25) is 0 Å². The lowest BCUT2D eigenvalue weighted by molar-refractivity contribution is -0.112. The van der Waals surface area contributed by atoms with Gasteiger partial charge in [-0.3, -0.25) is 4.79 Å². The maximum Gasteiger partial charge on any atom is 0.266 e. The summed E-state index contributed by atoms with van der Waals surface area (Å²) in [7, 11) is 1.50. The maximum absolute atomic E-state index is 13.0. The number of ether oxygens (including phenoxy) is 2. The maximum atomic E-state index is 13.0. The predicted octanol–water partition coefficient (Wildman–Crippen LogP) is 7.44. The van der Waals surface area contributed by atoms with E-state index in [2.05, 4.69) is 23.5 Å². The highest BCUT2D eigenvalue weighted by atomic mass is 35.5. The zero-order valence-electron chi connectivity index (χ0n) is 21.2. The topological polar surface area (TPSA) is 95.1 Å². The van der Waals surface area contributed by atoms with E-state index in [1.807, 2.05) is 36.4 Å². The number of nitrogens with one attached hydrogen (secondary N) is 1. The van der Waals surface area contributed by atoms with Gasteiger partial charge in [0.15, 0.2) is 11.5 Å². The van der Waals surface area contributed by atoms with Gasteiger partial charge in [0.25, 0.3) is 5.91 Å². The van der Waals surface area contributed by atoms with Crippen molar-refractivity contribution in [3.05, 3.63) is 92.3 Å². The summed E-state index contributed by atoms with van der Waals surface area (Å²) in [5.41, 5.74) is 2.88. The van der Waals surface area contributed by atoms with Crippen LogP contribution in [0.25, 0.3) is 16.8 Å². The van der Waals surface area contributed by atoms with Crippen LogP contribution >= 0.6 is 22.9 Å². The molecule has 1 aliphatic rings. The van der Waals surface area contributed by atoms with Crippen LogP contribution in [0.15, 0.2) is 60.2 Å². The lowest BCUT2D eigenvalue weighted by Gasteiger charge is -2.14. The summed E-state index contributed by atoms with van der Waals surface area (Å²) in [5.74, 6) is 0.166. The highest BCUT2D eigenvalue weighted by Gasteiger charge is 2.23. The Morgan fingerprint density at radius 1 is 1.10 bits per heavy atom. The predicted molar refractivity (Wildman–Crippen MR) is 154 cm³/mol. The monoisotopic (exact) mass is 553 g/mol. The SMILES string of the molecule is COc1cc(/C=C(\C#N)C(=O)Nc2sc3c(c2C#N)CCCC3)cc(Cl)c1OCc1ccc2ccccc2c1. The number of amides is 1. The molecular formula is C31H24ClN3O3S. The molecule has 0 spiro atoms.